The Labute approximate surface area is 197 Å². The van der Waals surface area contributed by atoms with E-state index in [9.17, 15) is 0 Å². The van der Waals surface area contributed by atoms with Crippen LogP contribution >= 0.6 is 0 Å². The van der Waals surface area contributed by atoms with E-state index in [1.807, 2.05) is 0 Å². The van der Waals surface area contributed by atoms with E-state index in [-0.39, 0.29) is 0 Å². The van der Waals surface area contributed by atoms with Crippen LogP contribution in [0, 0.1) is 11.8 Å². The highest BCUT2D eigenvalue weighted by atomic mass is 16.5. The van der Waals surface area contributed by atoms with Crippen LogP contribution in [-0.4, -0.2) is 11.6 Å². The summed E-state index contributed by atoms with van der Waals surface area (Å²) in [6.07, 6.45) is 21.0. The van der Waals surface area contributed by atoms with Gasteiger partial charge in [-0.1, -0.05) is 90.5 Å². The molecule has 0 N–H and O–H groups in total. The molecule has 0 radical (unpaired) electrons. The van der Waals surface area contributed by atoms with Gasteiger partial charge in [0.25, 0.3) is 0 Å². The van der Waals surface area contributed by atoms with E-state index in [4.69, 9.17) is 9.72 Å². The minimum absolute atomic E-state index is 0.816. The molecule has 0 aliphatic heterocycles. The lowest BCUT2D eigenvalue weighted by atomic mass is 9.78. The summed E-state index contributed by atoms with van der Waals surface area (Å²) >= 11 is 0. The maximum atomic E-state index is 5.89. The third-order valence-corrected chi connectivity index (χ3v) is 7.26. The van der Waals surface area contributed by atoms with Crippen molar-refractivity contribution in [2.75, 3.05) is 6.61 Å². The summed E-state index contributed by atoms with van der Waals surface area (Å²) in [7, 11) is 0. The summed E-state index contributed by atoms with van der Waals surface area (Å²) in [5, 5.41) is 0. The molecular weight excluding hydrogens is 390 g/mol. The molecule has 1 aromatic carbocycles. The maximum absolute atomic E-state index is 5.89. The van der Waals surface area contributed by atoms with Gasteiger partial charge in [0.1, 0.15) is 5.75 Å². The van der Waals surface area contributed by atoms with E-state index in [1.165, 1.54) is 89.0 Å². The molecule has 1 saturated carbocycles. The second-order valence-electron chi connectivity index (χ2n) is 9.91. The Morgan fingerprint density at radius 1 is 0.750 bits per heavy atom. The third-order valence-electron chi connectivity index (χ3n) is 7.26. The summed E-state index contributed by atoms with van der Waals surface area (Å²) in [6.45, 7) is 5.38. The lowest BCUT2D eigenvalue weighted by molar-refractivity contribution is 0.250. The molecule has 1 aromatic heterocycles. The molecule has 1 aliphatic rings. The zero-order valence-corrected chi connectivity index (χ0v) is 20.7. The number of pyridine rings is 1. The third kappa shape index (κ3) is 8.60. The topological polar surface area (TPSA) is 22.1 Å². The van der Waals surface area contributed by atoms with Gasteiger partial charge in [-0.15, -0.1) is 0 Å². The molecule has 0 spiro atoms. The van der Waals surface area contributed by atoms with Gasteiger partial charge in [-0.25, -0.2) is 0 Å². The van der Waals surface area contributed by atoms with Gasteiger partial charge in [0.2, 0.25) is 0 Å². The Morgan fingerprint density at radius 2 is 1.44 bits per heavy atom. The van der Waals surface area contributed by atoms with Crippen molar-refractivity contribution in [1.82, 2.24) is 4.98 Å². The lowest BCUT2D eigenvalue weighted by Crippen LogP contribution is -2.15. The first-order valence-electron chi connectivity index (χ1n) is 13.5. The van der Waals surface area contributed by atoms with E-state index in [0.717, 1.165) is 41.9 Å². The van der Waals surface area contributed by atoms with Gasteiger partial charge >= 0.3 is 0 Å². The molecule has 3 rings (SSSR count). The molecule has 0 saturated heterocycles. The molecule has 0 amide bonds. The zero-order chi connectivity index (χ0) is 22.4. The SMILES string of the molecule is CCCCCCCOc1ccc(-c2ccc(CCC3CCC(CCCC)CC3)cn2)cc1. The molecule has 0 unspecified atom stereocenters. The summed E-state index contributed by atoms with van der Waals surface area (Å²) in [4.78, 5) is 4.75. The van der Waals surface area contributed by atoms with Gasteiger partial charge in [-0.2, -0.15) is 0 Å². The number of rotatable bonds is 14. The first-order valence-corrected chi connectivity index (χ1v) is 13.5. The fraction of sp³-hybridized carbons (Fsp3) is 0.633. The second-order valence-corrected chi connectivity index (χ2v) is 9.91. The van der Waals surface area contributed by atoms with Crippen LogP contribution in [0.4, 0.5) is 0 Å². The van der Waals surface area contributed by atoms with Crippen molar-refractivity contribution in [1.29, 1.82) is 0 Å². The van der Waals surface area contributed by atoms with E-state index >= 15 is 0 Å². The quantitative estimate of drug-likeness (QED) is 0.276. The fourth-order valence-corrected chi connectivity index (χ4v) is 5.03. The molecule has 176 valence electrons. The number of nitrogens with zero attached hydrogens (tertiary/aromatic N) is 1. The van der Waals surface area contributed by atoms with Crippen molar-refractivity contribution in [2.45, 2.75) is 104 Å². The van der Waals surface area contributed by atoms with Crippen molar-refractivity contribution < 1.29 is 4.74 Å². The van der Waals surface area contributed by atoms with Gasteiger partial charge in [-0.3, -0.25) is 4.98 Å². The van der Waals surface area contributed by atoms with Crippen LogP contribution < -0.4 is 4.74 Å². The van der Waals surface area contributed by atoms with E-state index in [2.05, 4.69) is 56.4 Å². The van der Waals surface area contributed by atoms with Gasteiger partial charge in [0.15, 0.2) is 0 Å². The number of unbranched alkanes of at least 4 members (excludes halogenated alkanes) is 5. The molecule has 1 fully saturated rings. The largest absolute Gasteiger partial charge is 0.494 e. The second kappa shape index (κ2) is 14.3. The number of hydrogen-bond acceptors (Lipinski definition) is 2. The lowest BCUT2D eigenvalue weighted by Gasteiger charge is -2.28. The Morgan fingerprint density at radius 3 is 2.09 bits per heavy atom. The molecule has 0 atom stereocenters. The zero-order valence-electron chi connectivity index (χ0n) is 20.7. The van der Waals surface area contributed by atoms with Crippen LogP contribution in [-0.2, 0) is 6.42 Å². The van der Waals surface area contributed by atoms with Gasteiger partial charge in [0, 0.05) is 11.8 Å². The summed E-state index contributed by atoms with van der Waals surface area (Å²) in [5.74, 6) is 2.90. The number of aromatic nitrogens is 1. The van der Waals surface area contributed by atoms with Crippen LogP contribution in [0.25, 0.3) is 11.3 Å². The van der Waals surface area contributed by atoms with Crippen molar-refractivity contribution in [3.8, 4) is 17.0 Å². The van der Waals surface area contributed by atoms with Crippen molar-refractivity contribution in [3.05, 3.63) is 48.2 Å². The van der Waals surface area contributed by atoms with E-state index in [1.54, 1.807) is 0 Å². The molecule has 32 heavy (non-hydrogen) atoms. The van der Waals surface area contributed by atoms with Gasteiger partial charge in [-0.05, 0) is 67.0 Å². The number of ether oxygens (including phenoxy) is 1. The average Bonchev–Trinajstić information content (AvgIpc) is 2.85. The smallest absolute Gasteiger partial charge is 0.119 e. The van der Waals surface area contributed by atoms with Gasteiger partial charge in [0.05, 0.1) is 12.3 Å². The summed E-state index contributed by atoms with van der Waals surface area (Å²) < 4.78 is 5.89. The van der Waals surface area contributed by atoms with E-state index < -0.39 is 0 Å². The predicted molar refractivity (Wildman–Crippen MR) is 137 cm³/mol. The van der Waals surface area contributed by atoms with Crippen LogP contribution in [0.2, 0.25) is 0 Å². The summed E-state index contributed by atoms with van der Waals surface area (Å²) in [6, 6.07) is 12.9. The van der Waals surface area contributed by atoms with Crippen LogP contribution in [0.15, 0.2) is 42.6 Å². The first kappa shape index (κ1) is 24.8. The molecule has 1 aliphatic carbocycles. The van der Waals surface area contributed by atoms with Crippen LogP contribution in [0.3, 0.4) is 0 Å². The molecule has 2 nitrogen and oxygen atoms in total. The molecule has 0 bridgehead atoms. The van der Waals surface area contributed by atoms with Gasteiger partial charge < -0.3 is 4.74 Å². The highest BCUT2D eigenvalue weighted by molar-refractivity contribution is 5.60. The van der Waals surface area contributed by atoms with Crippen molar-refractivity contribution >= 4 is 0 Å². The number of hydrogen-bond donors (Lipinski definition) is 0. The Bertz CT molecular complexity index is 728. The van der Waals surface area contributed by atoms with Crippen molar-refractivity contribution in [2.24, 2.45) is 11.8 Å². The maximum Gasteiger partial charge on any atom is 0.119 e. The highest BCUT2D eigenvalue weighted by Crippen LogP contribution is 2.34. The Hall–Kier alpha value is -1.83. The van der Waals surface area contributed by atoms with Crippen LogP contribution in [0.1, 0.15) is 103 Å². The minimum atomic E-state index is 0.816. The predicted octanol–water partition coefficient (Wildman–Crippen LogP) is 9.03. The van der Waals surface area contributed by atoms with Crippen LogP contribution in [0.5, 0.6) is 5.75 Å². The number of aryl methyl sites for hydroxylation is 1. The standard InChI is InChI=1S/C30H45NO/c1-3-5-7-8-9-23-32-29-20-18-28(19-21-29)30-22-17-27(24-31-30)16-15-26-13-11-25(12-14-26)10-6-4-2/h17-22,24-26H,3-16,23H2,1-2H3. The first-order chi connectivity index (χ1) is 15.8. The number of benzene rings is 1. The molecular formula is C30H45NO. The monoisotopic (exact) mass is 435 g/mol. The average molecular weight is 436 g/mol. The molecule has 1 heterocycles. The fourth-order valence-electron chi connectivity index (χ4n) is 5.03. The highest BCUT2D eigenvalue weighted by Gasteiger charge is 2.20. The normalized spacial score (nSPS) is 18.6. The van der Waals surface area contributed by atoms with Crippen molar-refractivity contribution in [3.63, 3.8) is 0 Å². The minimum Gasteiger partial charge on any atom is -0.494 e. The Kier molecular flexibility index (Phi) is 11.1. The molecule has 2 heteroatoms. The Balaban J connectivity index is 1.38. The van der Waals surface area contributed by atoms with E-state index in [0.29, 0.717) is 0 Å². The molecule has 2 aromatic rings. The summed E-state index contributed by atoms with van der Waals surface area (Å²) in [5.41, 5.74) is 3.60.